The first-order chi connectivity index (χ1) is 8.50. The molecule has 2 rings (SSSR count). The predicted molar refractivity (Wildman–Crippen MR) is 71.8 cm³/mol. The molecule has 0 spiro atoms. The molecule has 0 radical (unpaired) electrons. The smallest absolute Gasteiger partial charge is 0.271 e. The van der Waals surface area contributed by atoms with E-state index in [4.69, 9.17) is 23.2 Å². The van der Waals surface area contributed by atoms with E-state index in [0.29, 0.717) is 27.0 Å². The Morgan fingerprint density at radius 1 is 1.22 bits per heavy atom. The van der Waals surface area contributed by atoms with E-state index in [1.54, 1.807) is 20.2 Å². The van der Waals surface area contributed by atoms with Gasteiger partial charge in [0.1, 0.15) is 0 Å². The Hall–Kier alpha value is -1.59. The van der Waals surface area contributed by atoms with Crippen LogP contribution >= 0.6 is 23.2 Å². The number of aromatic nitrogens is 3. The molecule has 0 saturated carbocycles. The van der Waals surface area contributed by atoms with Crippen LogP contribution in [0.15, 0.2) is 23.4 Å². The van der Waals surface area contributed by atoms with Crippen LogP contribution in [0.2, 0.25) is 10.0 Å². The second kappa shape index (κ2) is 4.96. The molecule has 5 nitrogen and oxygen atoms in total. The van der Waals surface area contributed by atoms with Gasteiger partial charge in [-0.1, -0.05) is 23.2 Å². The van der Waals surface area contributed by atoms with E-state index in [9.17, 15) is 4.79 Å². The standard InChI is InChI=1S/C11H10Cl2N4O/c1-6-9(5-15-17(2)11(6)18)16-10-7(12)3-14-4-8(10)13/h3-5H,1-2H3,(H,14,16). The fourth-order valence-corrected chi connectivity index (χ4v) is 1.90. The predicted octanol–water partition coefficient (Wildman–Crippen LogP) is 2.53. The number of hydrogen-bond acceptors (Lipinski definition) is 4. The summed E-state index contributed by atoms with van der Waals surface area (Å²) >= 11 is 12.0. The van der Waals surface area contributed by atoms with Gasteiger partial charge in [-0.2, -0.15) is 5.10 Å². The maximum absolute atomic E-state index is 11.7. The van der Waals surface area contributed by atoms with Gasteiger partial charge in [0.25, 0.3) is 5.56 Å². The average molecular weight is 285 g/mol. The van der Waals surface area contributed by atoms with E-state index < -0.39 is 0 Å². The Morgan fingerprint density at radius 2 is 1.83 bits per heavy atom. The second-order valence-electron chi connectivity index (χ2n) is 3.72. The van der Waals surface area contributed by atoms with Gasteiger partial charge < -0.3 is 5.32 Å². The van der Waals surface area contributed by atoms with Gasteiger partial charge in [-0.25, -0.2) is 4.68 Å². The molecule has 18 heavy (non-hydrogen) atoms. The molecule has 0 saturated heterocycles. The number of hydrogen-bond donors (Lipinski definition) is 1. The summed E-state index contributed by atoms with van der Waals surface area (Å²) in [6.45, 7) is 1.70. The van der Waals surface area contributed by atoms with Gasteiger partial charge in [-0.15, -0.1) is 0 Å². The number of rotatable bonds is 2. The molecule has 0 amide bonds. The summed E-state index contributed by atoms with van der Waals surface area (Å²) < 4.78 is 1.26. The molecule has 0 aliphatic rings. The van der Waals surface area contributed by atoms with Crippen molar-refractivity contribution < 1.29 is 0 Å². The van der Waals surface area contributed by atoms with Crippen molar-refractivity contribution in [3.05, 3.63) is 44.6 Å². The maximum atomic E-state index is 11.7. The number of anilines is 2. The number of nitrogens with one attached hydrogen (secondary N) is 1. The minimum Gasteiger partial charge on any atom is -0.351 e. The van der Waals surface area contributed by atoms with E-state index >= 15 is 0 Å². The molecule has 0 aliphatic heterocycles. The Kier molecular flexibility index (Phi) is 3.54. The van der Waals surface area contributed by atoms with E-state index in [1.165, 1.54) is 17.1 Å². The van der Waals surface area contributed by atoms with E-state index in [0.717, 1.165) is 0 Å². The van der Waals surface area contributed by atoms with E-state index in [1.807, 2.05) is 0 Å². The van der Waals surface area contributed by atoms with Crippen molar-refractivity contribution >= 4 is 34.6 Å². The molecule has 0 aliphatic carbocycles. The van der Waals surface area contributed by atoms with Crippen LogP contribution in [0.4, 0.5) is 11.4 Å². The third-order valence-corrected chi connectivity index (χ3v) is 3.06. The summed E-state index contributed by atoms with van der Waals surface area (Å²) in [4.78, 5) is 15.6. The number of aryl methyl sites for hydroxylation is 1. The topological polar surface area (TPSA) is 59.8 Å². The quantitative estimate of drug-likeness (QED) is 0.921. The Bertz CT molecular complexity index is 634. The molecule has 0 fully saturated rings. The summed E-state index contributed by atoms with van der Waals surface area (Å²) in [5.74, 6) is 0. The van der Waals surface area contributed by atoms with E-state index in [2.05, 4.69) is 15.4 Å². The zero-order valence-corrected chi connectivity index (χ0v) is 11.2. The largest absolute Gasteiger partial charge is 0.351 e. The third-order valence-electron chi connectivity index (χ3n) is 2.49. The van der Waals surface area contributed by atoms with Crippen molar-refractivity contribution in [1.82, 2.24) is 14.8 Å². The van der Waals surface area contributed by atoms with Crippen LogP contribution in [0.1, 0.15) is 5.56 Å². The fourth-order valence-electron chi connectivity index (χ4n) is 1.44. The molecule has 0 atom stereocenters. The second-order valence-corrected chi connectivity index (χ2v) is 4.53. The van der Waals surface area contributed by atoms with Crippen molar-refractivity contribution in [3.63, 3.8) is 0 Å². The van der Waals surface area contributed by atoms with Crippen LogP contribution in [0, 0.1) is 6.92 Å². The first-order valence-corrected chi connectivity index (χ1v) is 5.85. The molecule has 2 heterocycles. The molecule has 0 unspecified atom stereocenters. The van der Waals surface area contributed by atoms with Crippen LogP contribution in [0.3, 0.4) is 0 Å². The summed E-state index contributed by atoms with van der Waals surface area (Å²) in [5, 5.41) is 7.69. The van der Waals surface area contributed by atoms with Gasteiger partial charge in [0.2, 0.25) is 0 Å². The molecule has 2 aromatic rings. The molecule has 7 heteroatoms. The monoisotopic (exact) mass is 284 g/mol. The first-order valence-electron chi connectivity index (χ1n) is 5.09. The van der Waals surface area contributed by atoms with Crippen LogP contribution in [0.5, 0.6) is 0 Å². The minimum absolute atomic E-state index is 0.179. The maximum Gasteiger partial charge on any atom is 0.271 e. The highest BCUT2D eigenvalue weighted by Gasteiger charge is 2.10. The Balaban J connectivity index is 2.47. The lowest BCUT2D eigenvalue weighted by molar-refractivity contribution is 0.702. The van der Waals surface area contributed by atoms with Crippen molar-refractivity contribution in [2.24, 2.45) is 7.05 Å². The van der Waals surface area contributed by atoms with Gasteiger partial charge in [0.15, 0.2) is 0 Å². The third kappa shape index (κ3) is 2.32. The summed E-state index contributed by atoms with van der Waals surface area (Å²) in [6, 6.07) is 0. The molecule has 0 bridgehead atoms. The van der Waals surface area contributed by atoms with Gasteiger partial charge in [0.05, 0.1) is 27.6 Å². The lowest BCUT2D eigenvalue weighted by Gasteiger charge is -2.11. The zero-order valence-electron chi connectivity index (χ0n) is 9.74. The van der Waals surface area contributed by atoms with Crippen molar-refractivity contribution in [2.45, 2.75) is 6.92 Å². The van der Waals surface area contributed by atoms with Crippen molar-refractivity contribution in [1.29, 1.82) is 0 Å². The molecule has 0 aromatic carbocycles. The summed E-state index contributed by atoms with van der Waals surface area (Å²) in [6.07, 6.45) is 4.49. The SMILES string of the molecule is Cc1c(Nc2c(Cl)cncc2Cl)cnn(C)c1=O. The van der Waals surface area contributed by atoms with Gasteiger partial charge >= 0.3 is 0 Å². The fraction of sp³-hybridized carbons (Fsp3) is 0.182. The van der Waals surface area contributed by atoms with Gasteiger partial charge in [-0.3, -0.25) is 9.78 Å². The Labute approximate surface area is 113 Å². The van der Waals surface area contributed by atoms with Gasteiger partial charge in [-0.05, 0) is 6.92 Å². The molecule has 1 N–H and O–H groups in total. The van der Waals surface area contributed by atoms with Crippen LogP contribution < -0.4 is 10.9 Å². The van der Waals surface area contributed by atoms with Crippen LogP contribution in [0.25, 0.3) is 0 Å². The van der Waals surface area contributed by atoms with Gasteiger partial charge in [0, 0.05) is 25.0 Å². The van der Waals surface area contributed by atoms with Crippen LogP contribution in [-0.4, -0.2) is 14.8 Å². The summed E-state index contributed by atoms with van der Waals surface area (Å²) in [5.41, 5.74) is 1.43. The van der Waals surface area contributed by atoms with Crippen molar-refractivity contribution in [2.75, 3.05) is 5.32 Å². The highest BCUT2D eigenvalue weighted by atomic mass is 35.5. The highest BCUT2D eigenvalue weighted by molar-refractivity contribution is 6.39. The lowest BCUT2D eigenvalue weighted by Crippen LogP contribution is -2.22. The average Bonchev–Trinajstić information content (AvgIpc) is 2.34. The number of nitrogens with zero attached hydrogens (tertiary/aromatic N) is 3. The lowest BCUT2D eigenvalue weighted by atomic mass is 10.2. The first kappa shape index (κ1) is 12.9. The normalized spacial score (nSPS) is 10.4. The number of halogens is 2. The summed E-state index contributed by atoms with van der Waals surface area (Å²) in [7, 11) is 1.59. The zero-order chi connectivity index (χ0) is 13.3. The molecular weight excluding hydrogens is 275 g/mol. The van der Waals surface area contributed by atoms with Crippen LogP contribution in [-0.2, 0) is 7.05 Å². The molecular formula is C11H10Cl2N4O. The Morgan fingerprint density at radius 3 is 2.44 bits per heavy atom. The highest BCUT2D eigenvalue weighted by Crippen LogP contribution is 2.31. The number of pyridine rings is 1. The molecule has 94 valence electrons. The van der Waals surface area contributed by atoms with Crippen molar-refractivity contribution in [3.8, 4) is 0 Å². The minimum atomic E-state index is -0.179. The molecule has 2 aromatic heterocycles. The van der Waals surface area contributed by atoms with E-state index in [-0.39, 0.29) is 5.56 Å².